The Morgan fingerprint density at radius 2 is 1.68 bits per heavy atom. The molecule has 128 valence electrons. The van der Waals surface area contributed by atoms with Gasteiger partial charge in [0.05, 0.1) is 6.61 Å². The molecular weight excluding hydrogens is 312 g/mol. The first-order chi connectivity index (χ1) is 12.1. The molecule has 0 radical (unpaired) electrons. The zero-order chi connectivity index (χ0) is 17.6. The number of anilines is 4. The number of nitrogens with one attached hydrogen (secondary N) is 2. The van der Waals surface area contributed by atoms with E-state index >= 15 is 0 Å². The van der Waals surface area contributed by atoms with Gasteiger partial charge in [-0.3, -0.25) is 0 Å². The fourth-order valence-corrected chi connectivity index (χ4v) is 2.49. The highest BCUT2D eigenvalue weighted by molar-refractivity contribution is 5.61. The van der Waals surface area contributed by atoms with E-state index in [1.54, 1.807) is 0 Å². The van der Waals surface area contributed by atoms with Crippen molar-refractivity contribution >= 4 is 23.1 Å². The first-order valence-electron chi connectivity index (χ1n) is 8.31. The summed E-state index contributed by atoms with van der Waals surface area (Å²) in [6, 6.07) is 17.8. The van der Waals surface area contributed by atoms with Gasteiger partial charge in [-0.2, -0.15) is 4.98 Å². The molecule has 0 amide bonds. The van der Waals surface area contributed by atoms with E-state index in [-0.39, 0.29) is 0 Å². The molecule has 1 aromatic heterocycles. The van der Waals surface area contributed by atoms with Crippen molar-refractivity contribution in [2.75, 3.05) is 17.2 Å². The molecule has 0 spiro atoms. The van der Waals surface area contributed by atoms with Gasteiger partial charge in [-0.1, -0.05) is 12.1 Å². The Labute approximate surface area is 148 Å². The summed E-state index contributed by atoms with van der Waals surface area (Å²) in [5, 5.41) is 6.56. The Bertz CT molecular complexity index is 847. The van der Waals surface area contributed by atoms with Crippen molar-refractivity contribution in [3.05, 3.63) is 65.9 Å². The van der Waals surface area contributed by atoms with Crippen LogP contribution >= 0.6 is 0 Å². The van der Waals surface area contributed by atoms with Crippen LogP contribution in [0, 0.1) is 13.8 Å². The summed E-state index contributed by atoms with van der Waals surface area (Å²) in [5.74, 6) is 2.17. The Morgan fingerprint density at radius 3 is 2.40 bits per heavy atom. The maximum Gasteiger partial charge on any atom is 0.229 e. The summed E-state index contributed by atoms with van der Waals surface area (Å²) >= 11 is 0. The summed E-state index contributed by atoms with van der Waals surface area (Å²) in [6.07, 6.45) is 0. The van der Waals surface area contributed by atoms with Crippen molar-refractivity contribution in [1.29, 1.82) is 0 Å². The standard InChI is InChI=1S/C20H22N4O/c1-4-25-18-10-8-16(9-11-18)22-19-13-15(3)21-20(24-19)23-17-7-5-6-14(2)12-17/h5-13H,4H2,1-3H3,(H2,21,22,23,24). The molecule has 0 aliphatic carbocycles. The molecule has 0 saturated heterocycles. The summed E-state index contributed by atoms with van der Waals surface area (Å²) < 4.78 is 5.46. The molecule has 2 N–H and O–H groups in total. The quantitative estimate of drug-likeness (QED) is 0.666. The maximum atomic E-state index is 5.46. The largest absolute Gasteiger partial charge is 0.494 e. The number of nitrogens with zero attached hydrogens (tertiary/aromatic N) is 2. The first-order valence-corrected chi connectivity index (χ1v) is 8.31. The number of benzene rings is 2. The predicted octanol–water partition coefficient (Wildman–Crippen LogP) is 4.98. The van der Waals surface area contributed by atoms with E-state index in [1.807, 2.05) is 56.3 Å². The summed E-state index contributed by atoms with van der Waals surface area (Å²) in [6.45, 7) is 6.64. The van der Waals surface area contributed by atoms with Gasteiger partial charge in [0.2, 0.25) is 5.95 Å². The second-order valence-electron chi connectivity index (χ2n) is 5.80. The van der Waals surface area contributed by atoms with Crippen molar-refractivity contribution in [2.45, 2.75) is 20.8 Å². The van der Waals surface area contributed by atoms with E-state index in [0.29, 0.717) is 12.6 Å². The Hall–Kier alpha value is -3.08. The third-order valence-corrected chi connectivity index (χ3v) is 3.57. The van der Waals surface area contributed by atoms with Gasteiger partial charge in [0.25, 0.3) is 0 Å². The van der Waals surface area contributed by atoms with Crippen LogP contribution in [0.25, 0.3) is 0 Å². The van der Waals surface area contributed by atoms with Gasteiger partial charge in [-0.25, -0.2) is 4.98 Å². The van der Waals surface area contributed by atoms with Crippen LogP contribution in [0.4, 0.5) is 23.1 Å². The van der Waals surface area contributed by atoms with Crippen LogP contribution < -0.4 is 15.4 Å². The molecule has 0 bridgehead atoms. The van der Waals surface area contributed by atoms with E-state index in [4.69, 9.17) is 4.74 Å². The van der Waals surface area contributed by atoms with Crippen LogP contribution in [-0.2, 0) is 0 Å². The molecule has 2 aromatic carbocycles. The third-order valence-electron chi connectivity index (χ3n) is 3.57. The lowest BCUT2D eigenvalue weighted by Crippen LogP contribution is -2.02. The molecule has 5 heteroatoms. The van der Waals surface area contributed by atoms with E-state index in [0.717, 1.165) is 28.6 Å². The number of aryl methyl sites for hydroxylation is 2. The normalized spacial score (nSPS) is 10.4. The molecule has 1 heterocycles. The van der Waals surface area contributed by atoms with Gasteiger partial charge in [0, 0.05) is 23.1 Å². The van der Waals surface area contributed by atoms with E-state index in [1.165, 1.54) is 5.56 Å². The van der Waals surface area contributed by atoms with E-state index in [9.17, 15) is 0 Å². The number of rotatable bonds is 6. The molecule has 0 unspecified atom stereocenters. The topological polar surface area (TPSA) is 59.1 Å². The first kappa shape index (κ1) is 16.8. The predicted molar refractivity (Wildman–Crippen MR) is 102 cm³/mol. The summed E-state index contributed by atoms with van der Waals surface area (Å²) in [7, 11) is 0. The van der Waals surface area contributed by atoms with Crippen LogP contribution in [0.3, 0.4) is 0 Å². The second kappa shape index (κ2) is 7.66. The Morgan fingerprint density at radius 1 is 0.880 bits per heavy atom. The Kier molecular flexibility index (Phi) is 5.14. The van der Waals surface area contributed by atoms with Crippen LogP contribution in [0.5, 0.6) is 5.75 Å². The highest BCUT2D eigenvalue weighted by Crippen LogP contribution is 2.21. The molecule has 0 aliphatic rings. The average molecular weight is 334 g/mol. The molecule has 0 saturated carbocycles. The van der Waals surface area contributed by atoms with Crippen LogP contribution in [0.1, 0.15) is 18.2 Å². The molecule has 0 aliphatic heterocycles. The number of aromatic nitrogens is 2. The molecule has 0 atom stereocenters. The van der Waals surface area contributed by atoms with Gasteiger partial charge in [0.1, 0.15) is 11.6 Å². The highest BCUT2D eigenvalue weighted by atomic mass is 16.5. The minimum atomic E-state index is 0.569. The lowest BCUT2D eigenvalue weighted by Gasteiger charge is -2.11. The average Bonchev–Trinajstić information content (AvgIpc) is 2.56. The molecular formula is C20H22N4O. The fourth-order valence-electron chi connectivity index (χ4n) is 2.49. The third kappa shape index (κ3) is 4.70. The Balaban J connectivity index is 1.77. The number of ether oxygens (including phenoxy) is 1. The van der Waals surface area contributed by atoms with Crippen molar-refractivity contribution in [1.82, 2.24) is 9.97 Å². The zero-order valence-corrected chi connectivity index (χ0v) is 14.7. The summed E-state index contributed by atoms with van der Waals surface area (Å²) in [4.78, 5) is 9.00. The second-order valence-corrected chi connectivity index (χ2v) is 5.80. The smallest absolute Gasteiger partial charge is 0.229 e. The zero-order valence-electron chi connectivity index (χ0n) is 14.7. The van der Waals surface area contributed by atoms with E-state index < -0.39 is 0 Å². The number of hydrogen-bond donors (Lipinski definition) is 2. The highest BCUT2D eigenvalue weighted by Gasteiger charge is 2.04. The van der Waals surface area contributed by atoms with E-state index in [2.05, 4.69) is 39.7 Å². The van der Waals surface area contributed by atoms with Crippen LogP contribution in [0.15, 0.2) is 54.6 Å². The van der Waals surface area contributed by atoms with Crippen molar-refractivity contribution in [3.8, 4) is 5.75 Å². The maximum absolute atomic E-state index is 5.46. The molecule has 25 heavy (non-hydrogen) atoms. The van der Waals surface area contributed by atoms with Crippen LogP contribution in [-0.4, -0.2) is 16.6 Å². The SMILES string of the molecule is CCOc1ccc(Nc2cc(C)nc(Nc3cccc(C)c3)n2)cc1. The molecule has 5 nitrogen and oxygen atoms in total. The van der Waals surface area contributed by atoms with Crippen molar-refractivity contribution < 1.29 is 4.74 Å². The van der Waals surface area contributed by atoms with Gasteiger partial charge in [-0.05, 0) is 62.7 Å². The van der Waals surface area contributed by atoms with Gasteiger partial charge in [0.15, 0.2) is 0 Å². The minimum Gasteiger partial charge on any atom is -0.494 e. The molecule has 3 aromatic rings. The fraction of sp³-hybridized carbons (Fsp3) is 0.200. The number of hydrogen-bond acceptors (Lipinski definition) is 5. The lowest BCUT2D eigenvalue weighted by molar-refractivity contribution is 0.340. The van der Waals surface area contributed by atoms with Gasteiger partial charge < -0.3 is 15.4 Å². The van der Waals surface area contributed by atoms with Gasteiger partial charge >= 0.3 is 0 Å². The van der Waals surface area contributed by atoms with Crippen molar-refractivity contribution in [3.63, 3.8) is 0 Å². The molecule has 3 rings (SSSR count). The molecule has 0 fully saturated rings. The minimum absolute atomic E-state index is 0.569. The lowest BCUT2D eigenvalue weighted by atomic mass is 10.2. The van der Waals surface area contributed by atoms with Crippen molar-refractivity contribution in [2.24, 2.45) is 0 Å². The monoisotopic (exact) mass is 334 g/mol. The van der Waals surface area contributed by atoms with Gasteiger partial charge in [-0.15, -0.1) is 0 Å². The van der Waals surface area contributed by atoms with Crippen LogP contribution in [0.2, 0.25) is 0 Å². The summed E-state index contributed by atoms with van der Waals surface area (Å²) in [5.41, 5.74) is 3.99.